The van der Waals surface area contributed by atoms with Crippen molar-refractivity contribution in [1.82, 2.24) is 9.97 Å². The van der Waals surface area contributed by atoms with Crippen LogP contribution in [0, 0.1) is 6.92 Å². The van der Waals surface area contributed by atoms with Crippen LogP contribution in [-0.2, 0) is 0 Å². The van der Waals surface area contributed by atoms with Gasteiger partial charge in [0.2, 0.25) is 0 Å². The lowest BCUT2D eigenvalue weighted by Gasteiger charge is -1.99. The van der Waals surface area contributed by atoms with Crippen molar-refractivity contribution < 1.29 is 0 Å². The fourth-order valence-corrected chi connectivity index (χ4v) is 2.95. The Morgan fingerprint density at radius 3 is 2.89 bits per heavy atom. The van der Waals surface area contributed by atoms with Gasteiger partial charge in [0.15, 0.2) is 10.9 Å². The van der Waals surface area contributed by atoms with Gasteiger partial charge in [-0.15, -0.1) is 0 Å². The summed E-state index contributed by atoms with van der Waals surface area (Å²) in [5.74, 6) is 0.346. The molecule has 0 radical (unpaired) electrons. The quantitative estimate of drug-likeness (QED) is 0.780. The second-order valence-electron chi connectivity index (χ2n) is 3.74. The van der Waals surface area contributed by atoms with E-state index in [9.17, 15) is 4.79 Å². The Balaban J connectivity index is 2.01. The normalized spacial score (nSPS) is 10.7. The summed E-state index contributed by atoms with van der Waals surface area (Å²) in [5.41, 5.74) is 1.75. The monoisotopic (exact) mass is 275 g/mol. The third-order valence-electron chi connectivity index (χ3n) is 2.34. The van der Waals surface area contributed by atoms with Crippen molar-refractivity contribution in [1.29, 1.82) is 0 Å². The van der Waals surface area contributed by atoms with Gasteiger partial charge >= 0.3 is 0 Å². The number of thiazole rings is 1. The van der Waals surface area contributed by atoms with Crippen LogP contribution in [0.3, 0.4) is 0 Å². The molecule has 0 fully saturated rings. The molecule has 0 saturated heterocycles. The van der Waals surface area contributed by atoms with Crippen molar-refractivity contribution in [3.8, 4) is 0 Å². The van der Waals surface area contributed by atoms with Crippen molar-refractivity contribution in [2.75, 3.05) is 5.32 Å². The van der Waals surface area contributed by atoms with Gasteiger partial charge in [-0.1, -0.05) is 34.8 Å². The Labute approximate surface area is 111 Å². The first-order valence-corrected chi connectivity index (χ1v) is 7.01. The van der Waals surface area contributed by atoms with Crippen LogP contribution in [0.2, 0.25) is 0 Å². The zero-order chi connectivity index (χ0) is 12.5. The summed E-state index contributed by atoms with van der Waals surface area (Å²) < 4.78 is 1.00. The number of hydrogen-bond donors (Lipinski definition) is 1. The molecule has 0 saturated carbocycles. The van der Waals surface area contributed by atoms with E-state index in [2.05, 4.69) is 15.3 Å². The molecule has 0 aliphatic rings. The SMILES string of the molecule is Cc1csc(=O)c(Nc2nc3ccccc3s2)n1. The molecule has 2 aromatic heterocycles. The standard InChI is InChI=1S/C12H9N3OS2/c1-7-6-17-11(16)10(13-7)15-12-14-8-4-2-3-5-9(8)18-12/h2-6H,1H3,(H,13,14,15). The number of nitrogens with zero attached hydrogens (tertiary/aromatic N) is 2. The second-order valence-corrected chi connectivity index (χ2v) is 5.61. The molecule has 3 aromatic rings. The summed E-state index contributed by atoms with van der Waals surface area (Å²) in [7, 11) is 0. The summed E-state index contributed by atoms with van der Waals surface area (Å²) in [5, 5.41) is 5.43. The van der Waals surface area contributed by atoms with Crippen LogP contribution in [0.1, 0.15) is 5.69 Å². The molecule has 6 heteroatoms. The molecule has 1 aromatic carbocycles. The number of aromatic nitrogens is 2. The summed E-state index contributed by atoms with van der Waals surface area (Å²) in [6.07, 6.45) is 0. The highest BCUT2D eigenvalue weighted by atomic mass is 32.1. The molecule has 18 heavy (non-hydrogen) atoms. The predicted octanol–water partition coefficient (Wildman–Crippen LogP) is 3.17. The van der Waals surface area contributed by atoms with Crippen LogP contribution in [0.5, 0.6) is 0 Å². The van der Waals surface area contributed by atoms with E-state index >= 15 is 0 Å². The second kappa shape index (κ2) is 4.47. The molecular weight excluding hydrogens is 266 g/mol. The minimum atomic E-state index is -0.0835. The molecule has 0 aliphatic carbocycles. The van der Waals surface area contributed by atoms with Gasteiger partial charge in [0.05, 0.1) is 10.2 Å². The van der Waals surface area contributed by atoms with E-state index in [4.69, 9.17) is 0 Å². The number of benzene rings is 1. The number of anilines is 2. The van der Waals surface area contributed by atoms with Gasteiger partial charge in [-0.25, -0.2) is 9.97 Å². The van der Waals surface area contributed by atoms with Gasteiger partial charge < -0.3 is 5.32 Å². The Hall–Kier alpha value is -1.79. The summed E-state index contributed by atoms with van der Waals surface area (Å²) in [6.45, 7) is 1.86. The smallest absolute Gasteiger partial charge is 0.275 e. The zero-order valence-electron chi connectivity index (χ0n) is 9.51. The number of rotatable bonds is 2. The van der Waals surface area contributed by atoms with Gasteiger partial charge in [-0.05, 0) is 19.1 Å². The fraction of sp³-hybridized carbons (Fsp3) is 0.0833. The fourth-order valence-electron chi connectivity index (χ4n) is 1.55. The highest BCUT2D eigenvalue weighted by Crippen LogP contribution is 2.26. The van der Waals surface area contributed by atoms with Crippen molar-refractivity contribution >= 4 is 43.8 Å². The van der Waals surface area contributed by atoms with E-state index in [0.717, 1.165) is 27.2 Å². The van der Waals surface area contributed by atoms with Crippen LogP contribution in [0.25, 0.3) is 10.2 Å². The number of aryl methyl sites for hydroxylation is 1. The largest absolute Gasteiger partial charge is 0.312 e. The lowest BCUT2D eigenvalue weighted by Crippen LogP contribution is -2.06. The molecule has 4 nitrogen and oxygen atoms in total. The zero-order valence-corrected chi connectivity index (χ0v) is 11.1. The molecule has 0 aliphatic heterocycles. The van der Waals surface area contributed by atoms with Gasteiger partial charge in [0.25, 0.3) is 4.74 Å². The third kappa shape index (κ3) is 2.12. The molecule has 1 N–H and O–H groups in total. The van der Waals surface area contributed by atoms with Crippen LogP contribution in [0.4, 0.5) is 10.9 Å². The Kier molecular flexibility index (Phi) is 2.81. The number of fused-ring (bicyclic) bond motifs is 1. The Bertz CT molecular complexity index is 730. The molecule has 0 amide bonds. The summed E-state index contributed by atoms with van der Waals surface area (Å²) in [4.78, 5) is 20.3. The lowest BCUT2D eigenvalue weighted by atomic mass is 10.3. The van der Waals surface area contributed by atoms with Gasteiger partial charge in [-0.3, -0.25) is 4.79 Å². The maximum absolute atomic E-state index is 11.7. The highest BCUT2D eigenvalue weighted by molar-refractivity contribution is 7.22. The summed E-state index contributed by atoms with van der Waals surface area (Å²) in [6, 6.07) is 7.86. The van der Waals surface area contributed by atoms with E-state index in [0.29, 0.717) is 10.9 Å². The van der Waals surface area contributed by atoms with E-state index in [1.807, 2.05) is 31.2 Å². The van der Waals surface area contributed by atoms with Crippen molar-refractivity contribution in [3.63, 3.8) is 0 Å². The van der Waals surface area contributed by atoms with Crippen molar-refractivity contribution in [3.05, 3.63) is 44.9 Å². The maximum Gasteiger partial charge on any atom is 0.275 e. The molecule has 0 spiro atoms. The van der Waals surface area contributed by atoms with Crippen molar-refractivity contribution in [2.24, 2.45) is 0 Å². The minimum absolute atomic E-state index is 0.0835. The first kappa shape index (κ1) is 11.3. The molecular formula is C12H9N3OS2. The molecule has 2 heterocycles. The predicted molar refractivity (Wildman–Crippen MR) is 76.0 cm³/mol. The third-order valence-corrected chi connectivity index (χ3v) is 4.16. The highest BCUT2D eigenvalue weighted by Gasteiger charge is 2.07. The maximum atomic E-state index is 11.7. The Morgan fingerprint density at radius 1 is 1.22 bits per heavy atom. The average molecular weight is 275 g/mol. The summed E-state index contributed by atoms with van der Waals surface area (Å²) >= 11 is 2.65. The Morgan fingerprint density at radius 2 is 2.06 bits per heavy atom. The average Bonchev–Trinajstić information content (AvgIpc) is 2.76. The first-order chi connectivity index (χ1) is 8.72. The number of nitrogens with one attached hydrogen (secondary N) is 1. The minimum Gasteiger partial charge on any atom is -0.312 e. The van der Waals surface area contributed by atoms with Crippen LogP contribution < -0.4 is 10.1 Å². The molecule has 0 bridgehead atoms. The van der Waals surface area contributed by atoms with Gasteiger partial charge in [-0.2, -0.15) is 0 Å². The molecule has 0 unspecified atom stereocenters. The van der Waals surface area contributed by atoms with Crippen LogP contribution >= 0.6 is 22.7 Å². The van der Waals surface area contributed by atoms with E-state index in [1.54, 1.807) is 5.38 Å². The first-order valence-electron chi connectivity index (χ1n) is 5.31. The lowest BCUT2D eigenvalue weighted by molar-refractivity contribution is 1.21. The van der Waals surface area contributed by atoms with E-state index < -0.39 is 0 Å². The van der Waals surface area contributed by atoms with Crippen molar-refractivity contribution in [2.45, 2.75) is 6.92 Å². The molecule has 0 atom stereocenters. The molecule has 3 rings (SSSR count). The van der Waals surface area contributed by atoms with Crippen LogP contribution in [-0.4, -0.2) is 9.97 Å². The van der Waals surface area contributed by atoms with Crippen LogP contribution in [0.15, 0.2) is 34.4 Å². The number of para-hydroxylation sites is 1. The van der Waals surface area contributed by atoms with E-state index in [1.165, 1.54) is 11.3 Å². The van der Waals surface area contributed by atoms with Gasteiger partial charge in [0, 0.05) is 11.1 Å². The number of hydrogen-bond acceptors (Lipinski definition) is 6. The topological polar surface area (TPSA) is 54.9 Å². The van der Waals surface area contributed by atoms with Gasteiger partial charge in [0.1, 0.15) is 0 Å². The van der Waals surface area contributed by atoms with E-state index in [-0.39, 0.29) is 4.74 Å². The molecule has 90 valence electrons.